The van der Waals surface area contributed by atoms with E-state index in [0.717, 1.165) is 19.0 Å². The highest BCUT2D eigenvalue weighted by molar-refractivity contribution is 5.21. The van der Waals surface area contributed by atoms with E-state index in [1.54, 1.807) is 0 Å². The molecule has 1 aliphatic carbocycles. The predicted octanol–water partition coefficient (Wildman–Crippen LogP) is 2.82. The van der Waals surface area contributed by atoms with Crippen LogP contribution in [0.15, 0.2) is 30.3 Å². The van der Waals surface area contributed by atoms with Crippen LogP contribution in [0.4, 0.5) is 0 Å². The maximum absolute atomic E-state index is 3.69. The zero-order valence-corrected chi connectivity index (χ0v) is 11.5. The second-order valence-electron chi connectivity index (χ2n) is 6.56. The molecule has 1 atom stereocenters. The molecule has 2 fully saturated rings. The van der Waals surface area contributed by atoms with E-state index in [-0.39, 0.29) is 5.54 Å². The first kappa shape index (κ1) is 12.2. The lowest BCUT2D eigenvalue weighted by Crippen LogP contribution is -2.58. The minimum Gasteiger partial charge on any atom is -0.309 e. The highest BCUT2D eigenvalue weighted by atomic mass is 15.3. The van der Waals surface area contributed by atoms with Crippen LogP contribution in [0.1, 0.15) is 38.3 Å². The summed E-state index contributed by atoms with van der Waals surface area (Å²) in [5.74, 6) is 0.963. The SMILES string of the molecule is CC1(C)CN(CC2CC2)C(c2ccccc2)CN1. The van der Waals surface area contributed by atoms with Gasteiger partial charge in [-0.25, -0.2) is 0 Å². The first-order valence-electron chi connectivity index (χ1n) is 7.18. The lowest BCUT2D eigenvalue weighted by Gasteiger charge is -2.45. The third-order valence-corrected chi connectivity index (χ3v) is 4.19. The van der Waals surface area contributed by atoms with E-state index in [4.69, 9.17) is 0 Å². The fraction of sp³-hybridized carbons (Fsp3) is 0.625. The number of benzene rings is 1. The lowest BCUT2D eigenvalue weighted by molar-refractivity contribution is 0.0904. The number of nitrogens with one attached hydrogen (secondary N) is 1. The fourth-order valence-corrected chi connectivity index (χ4v) is 3.00. The monoisotopic (exact) mass is 244 g/mol. The van der Waals surface area contributed by atoms with Gasteiger partial charge in [0.2, 0.25) is 0 Å². The standard InChI is InChI=1S/C16H24N2/c1-16(2)12-18(11-13-8-9-13)15(10-17-16)14-6-4-3-5-7-14/h3-7,13,15,17H,8-12H2,1-2H3. The summed E-state index contributed by atoms with van der Waals surface area (Å²) in [6.45, 7) is 8.14. The second kappa shape index (κ2) is 4.67. The Hall–Kier alpha value is -0.860. The number of piperazine rings is 1. The molecule has 0 amide bonds. The maximum atomic E-state index is 3.69. The highest BCUT2D eigenvalue weighted by Gasteiger charge is 2.36. The summed E-state index contributed by atoms with van der Waals surface area (Å²) in [6.07, 6.45) is 2.87. The van der Waals surface area contributed by atoms with Gasteiger partial charge in [-0.2, -0.15) is 0 Å². The van der Waals surface area contributed by atoms with Gasteiger partial charge in [-0.15, -0.1) is 0 Å². The van der Waals surface area contributed by atoms with Crippen LogP contribution in [0.3, 0.4) is 0 Å². The van der Waals surface area contributed by atoms with Gasteiger partial charge >= 0.3 is 0 Å². The molecule has 1 aliphatic heterocycles. The molecule has 1 unspecified atom stereocenters. The molecule has 0 spiro atoms. The Kier molecular flexibility index (Phi) is 3.16. The molecule has 1 saturated heterocycles. The van der Waals surface area contributed by atoms with Crippen LogP contribution >= 0.6 is 0 Å². The van der Waals surface area contributed by atoms with E-state index in [2.05, 4.69) is 54.4 Å². The summed E-state index contributed by atoms with van der Waals surface area (Å²) in [4.78, 5) is 2.70. The summed E-state index contributed by atoms with van der Waals surface area (Å²) in [6, 6.07) is 11.5. The van der Waals surface area contributed by atoms with Crippen LogP contribution in [-0.4, -0.2) is 30.1 Å². The highest BCUT2D eigenvalue weighted by Crippen LogP contribution is 2.34. The van der Waals surface area contributed by atoms with Crippen molar-refractivity contribution in [3.05, 3.63) is 35.9 Å². The molecule has 2 aliphatic rings. The van der Waals surface area contributed by atoms with Crippen molar-refractivity contribution in [2.75, 3.05) is 19.6 Å². The van der Waals surface area contributed by atoms with E-state index >= 15 is 0 Å². The van der Waals surface area contributed by atoms with E-state index in [1.165, 1.54) is 24.9 Å². The van der Waals surface area contributed by atoms with Gasteiger partial charge in [0.05, 0.1) is 0 Å². The van der Waals surface area contributed by atoms with Crippen LogP contribution < -0.4 is 5.32 Å². The van der Waals surface area contributed by atoms with Crippen LogP contribution in [0.2, 0.25) is 0 Å². The molecular weight excluding hydrogens is 220 g/mol. The van der Waals surface area contributed by atoms with E-state index < -0.39 is 0 Å². The van der Waals surface area contributed by atoms with Crippen LogP contribution in [0.5, 0.6) is 0 Å². The topological polar surface area (TPSA) is 15.3 Å². The van der Waals surface area contributed by atoms with Gasteiger partial charge in [0.1, 0.15) is 0 Å². The fourth-order valence-electron chi connectivity index (χ4n) is 3.00. The first-order valence-corrected chi connectivity index (χ1v) is 7.18. The van der Waals surface area contributed by atoms with E-state index in [0.29, 0.717) is 6.04 Å². The predicted molar refractivity (Wildman–Crippen MR) is 75.6 cm³/mol. The Morgan fingerprint density at radius 2 is 1.94 bits per heavy atom. The molecule has 18 heavy (non-hydrogen) atoms. The van der Waals surface area contributed by atoms with Crippen molar-refractivity contribution in [1.29, 1.82) is 0 Å². The molecule has 3 rings (SSSR count). The van der Waals surface area contributed by atoms with Gasteiger partial charge in [-0.3, -0.25) is 4.90 Å². The minimum absolute atomic E-state index is 0.250. The quantitative estimate of drug-likeness (QED) is 0.879. The summed E-state index contributed by atoms with van der Waals surface area (Å²) in [7, 11) is 0. The van der Waals surface area contributed by atoms with Crippen molar-refractivity contribution in [1.82, 2.24) is 10.2 Å². The molecule has 0 bridgehead atoms. The van der Waals surface area contributed by atoms with Crippen LogP contribution in [0.25, 0.3) is 0 Å². The second-order valence-corrected chi connectivity index (χ2v) is 6.56. The Balaban J connectivity index is 1.78. The van der Waals surface area contributed by atoms with Gasteiger partial charge in [0.25, 0.3) is 0 Å². The van der Waals surface area contributed by atoms with E-state index in [9.17, 15) is 0 Å². The number of hydrogen-bond donors (Lipinski definition) is 1. The van der Waals surface area contributed by atoms with Gasteiger partial charge in [0.15, 0.2) is 0 Å². The van der Waals surface area contributed by atoms with Gasteiger partial charge in [-0.05, 0) is 38.2 Å². The maximum Gasteiger partial charge on any atom is 0.0473 e. The Morgan fingerprint density at radius 3 is 2.61 bits per heavy atom. The van der Waals surface area contributed by atoms with Crippen LogP contribution in [-0.2, 0) is 0 Å². The molecule has 2 nitrogen and oxygen atoms in total. The molecule has 98 valence electrons. The lowest BCUT2D eigenvalue weighted by atomic mass is 9.94. The summed E-state index contributed by atoms with van der Waals surface area (Å²) < 4.78 is 0. The van der Waals surface area contributed by atoms with Gasteiger partial charge in [0, 0.05) is 31.2 Å². The molecule has 1 saturated carbocycles. The van der Waals surface area contributed by atoms with Gasteiger partial charge in [-0.1, -0.05) is 30.3 Å². The number of rotatable bonds is 3. The van der Waals surface area contributed by atoms with Gasteiger partial charge < -0.3 is 5.32 Å². The number of hydrogen-bond acceptors (Lipinski definition) is 2. The molecule has 1 aromatic carbocycles. The average Bonchev–Trinajstić information content (AvgIpc) is 3.13. The average molecular weight is 244 g/mol. The molecule has 1 aromatic rings. The molecule has 1 N–H and O–H groups in total. The van der Waals surface area contributed by atoms with Crippen molar-refractivity contribution in [2.24, 2.45) is 5.92 Å². The molecular formula is C16H24N2. The number of nitrogens with zero attached hydrogens (tertiary/aromatic N) is 1. The van der Waals surface area contributed by atoms with E-state index in [1.807, 2.05) is 0 Å². The smallest absolute Gasteiger partial charge is 0.0473 e. The van der Waals surface area contributed by atoms with Crippen molar-refractivity contribution >= 4 is 0 Å². The molecule has 0 radical (unpaired) electrons. The third kappa shape index (κ3) is 2.76. The molecule has 1 heterocycles. The van der Waals surface area contributed by atoms with Crippen molar-refractivity contribution in [2.45, 2.75) is 38.3 Å². The van der Waals surface area contributed by atoms with Crippen LogP contribution in [0, 0.1) is 5.92 Å². The summed E-state index contributed by atoms with van der Waals surface area (Å²) >= 11 is 0. The van der Waals surface area contributed by atoms with Crippen molar-refractivity contribution < 1.29 is 0 Å². The van der Waals surface area contributed by atoms with Crippen molar-refractivity contribution in [3.8, 4) is 0 Å². The Labute approximate surface area is 110 Å². The third-order valence-electron chi connectivity index (χ3n) is 4.19. The molecule has 2 heteroatoms. The zero-order chi connectivity index (χ0) is 12.6. The van der Waals surface area contributed by atoms with Crippen molar-refractivity contribution in [3.63, 3.8) is 0 Å². The Morgan fingerprint density at radius 1 is 1.22 bits per heavy atom. The summed E-state index contributed by atoms with van der Waals surface area (Å²) in [5, 5.41) is 3.69. The summed E-state index contributed by atoms with van der Waals surface area (Å²) in [5.41, 5.74) is 1.71. The molecule has 0 aromatic heterocycles. The Bertz CT molecular complexity index is 395. The normalized spacial score (nSPS) is 28.2. The zero-order valence-electron chi connectivity index (χ0n) is 11.5. The first-order chi connectivity index (χ1) is 8.64. The largest absolute Gasteiger partial charge is 0.309 e. The minimum atomic E-state index is 0.250.